The minimum Gasteiger partial charge on any atom is -0.542 e. The Balaban J connectivity index is 0.000000980. The average Bonchev–Trinajstić information content (AvgIpc) is 2.46. The van der Waals surface area contributed by atoms with Crippen LogP contribution in [0.2, 0.25) is 0 Å². The minimum absolute atomic E-state index is 0. The molecule has 0 amide bonds. The van der Waals surface area contributed by atoms with E-state index in [9.17, 15) is 9.90 Å². The van der Waals surface area contributed by atoms with Gasteiger partial charge in [0.15, 0.2) is 0 Å². The maximum Gasteiger partial charge on any atom is 1.00 e. The average molecular weight is 187 g/mol. The van der Waals surface area contributed by atoms with Crippen molar-refractivity contribution in [3.63, 3.8) is 0 Å². The standard InChI is InChI=1S/C9H11NO3.Li/c1-10-3-2-6-4-7(9(11)12)13-8(6)5-10;/h4H,2-3,5H2,1H3,(H,11,12);/q;+1/p-1. The summed E-state index contributed by atoms with van der Waals surface area (Å²) in [5.74, 6) is -0.537. The Kier molecular flexibility index (Phi) is 3.43. The van der Waals surface area contributed by atoms with Gasteiger partial charge in [0.05, 0.1) is 6.54 Å². The van der Waals surface area contributed by atoms with Gasteiger partial charge in [0.2, 0.25) is 0 Å². The summed E-state index contributed by atoms with van der Waals surface area (Å²) in [6, 6.07) is 1.57. The first-order valence-electron chi connectivity index (χ1n) is 4.18. The zero-order chi connectivity index (χ0) is 9.42. The van der Waals surface area contributed by atoms with E-state index >= 15 is 0 Å². The van der Waals surface area contributed by atoms with E-state index in [0.29, 0.717) is 6.54 Å². The van der Waals surface area contributed by atoms with Crippen LogP contribution >= 0.6 is 0 Å². The molecule has 0 N–H and O–H groups in total. The molecule has 1 aliphatic rings. The van der Waals surface area contributed by atoms with Gasteiger partial charge in [-0.25, -0.2) is 0 Å². The van der Waals surface area contributed by atoms with Crippen molar-refractivity contribution < 1.29 is 33.2 Å². The number of carbonyl (C=O) groups excluding carboxylic acids is 1. The molecule has 0 aromatic carbocycles. The van der Waals surface area contributed by atoms with Crippen LogP contribution in [0.3, 0.4) is 0 Å². The SMILES string of the molecule is CN1CCc2cc(C(=O)[O-])oc2C1.[Li+]. The van der Waals surface area contributed by atoms with Crippen LogP contribution in [0.4, 0.5) is 0 Å². The maximum atomic E-state index is 10.5. The maximum absolute atomic E-state index is 10.5. The molecule has 70 valence electrons. The molecule has 0 radical (unpaired) electrons. The van der Waals surface area contributed by atoms with Crippen molar-refractivity contribution in [3.8, 4) is 0 Å². The molecule has 1 aromatic heterocycles. The molecule has 0 bridgehead atoms. The van der Waals surface area contributed by atoms with E-state index < -0.39 is 5.97 Å². The van der Waals surface area contributed by atoms with Crippen LogP contribution in [0.15, 0.2) is 10.5 Å². The van der Waals surface area contributed by atoms with Gasteiger partial charge in [-0.2, -0.15) is 0 Å². The van der Waals surface area contributed by atoms with E-state index in [4.69, 9.17) is 4.42 Å². The van der Waals surface area contributed by atoms with E-state index in [1.54, 1.807) is 6.07 Å². The number of carbonyl (C=O) groups is 1. The Morgan fingerprint density at radius 3 is 3.00 bits per heavy atom. The molecule has 0 saturated carbocycles. The molecular formula is C9H10LiNO3. The summed E-state index contributed by atoms with van der Waals surface area (Å²) in [7, 11) is 1.98. The molecule has 4 nitrogen and oxygen atoms in total. The molecule has 2 rings (SSSR count). The molecule has 14 heavy (non-hydrogen) atoms. The van der Waals surface area contributed by atoms with E-state index in [0.717, 1.165) is 24.3 Å². The van der Waals surface area contributed by atoms with Gasteiger partial charge in [0.1, 0.15) is 17.5 Å². The van der Waals surface area contributed by atoms with Gasteiger partial charge in [-0.15, -0.1) is 0 Å². The predicted octanol–water partition coefficient (Wildman–Crippen LogP) is -3.36. The third-order valence-electron chi connectivity index (χ3n) is 2.27. The quantitative estimate of drug-likeness (QED) is 0.431. The van der Waals surface area contributed by atoms with Crippen LogP contribution in [0.1, 0.15) is 21.9 Å². The van der Waals surface area contributed by atoms with Gasteiger partial charge < -0.3 is 14.3 Å². The Hall–Kier alpha value is -0.693. The van der Waals surface area contributed by atoms with Crippen molar-refractivity contribution in [1.29, 1.82) is 0 Å². The molecular weight excluding hydrogens is 177 g/mol. The number of fused-ring (bicyclic) bond motifs is 1. The van der Waals surface area contributed by atoms with Crippen LogP contribution in [0.25, 0.3) is 0 Å². The largest absolute Gasteiger partial charge is 1.00 e. The van der Waals surface area contributed by atoms with Gasteiger partial charge in [0.25, 0.3) is 0 Å². The zero-order valence-electron chi connectivity index (χ0n) is 8.37. The normalized spacial score (nSPS) is 15.8. The third kappa shape index (κ3) is 2.03. The van der Waals surface area contributed by atoms with E-state index in [2.05, 4.69) is 4.90 Å². The third-order valence-corrected chi connectivity index (χ3v) is 2.27. The fraction of sp³-hybridized carbons (Fsp3) is 0.444. The topological polar surface area (TPSA) is 56.5 Å². The Bertz CT molecular complexity index is 348. The number of nitrogens with zero attached hydrogens (tertiary/aromatic N) is 1. The first kappa shape index (κ1) is 11.4. The van der Waals surface area contributed by atoms with Crippen molar-refractivity contribution in [2.75, 3.05) is 13.6 Å². The van der Waals surface area contributed by atoms with Gasteiger partial charge in [-0.1, -0.05) is 0 Å². The number of aromatic carboxylic acids is 1. The zero-order valence-corrected chi connectivity index (χ0v) is 8.37. The number of carboxylic acid groups (broad SMARTS) is 1. The summed E-state index contributed by atoms with van der Waals surface area (Å²) in [6.07, 6.45) is 0.850. The number of hydrogen-bond acceptors (Lipinski definition) is 4. The number of hydrogen-bond donors (Lipinski definition) is 0. The molecule has 0 fully saturated rings. The van der Waals surface area contributed by atoms with Crippen LogP contribution in [-0.2, 0) is 13.0 Å². The van der Waals surface area contributed by atoms with E-state index in [1.807, 2.05) is 7.05 Å². The van der Waals surface area contributed by atoms with E-state index in [-0.39, 0.29) is 24.6 Å². The van der Waals surface area contributed by atoms with E-state index in [1.165, 1.54) is 0 Å². The summed E-state index contributed by atoms with van der Waals surface area (Å²) >= 11 is 0. The number of likely N-dealkylation sites (N-methyl/N-ethyl adjacent to an activating group) is 1. The second kappa shape index (κ2) is 4.22. The monoisotopic (exact) mass is 187 g/mol. The Morgan fingerprint density at radius 1 is 1.64 bits per heavy atom. The summed E-state index contributed by atoms with van der Waals surface area (Å²) in [5, 5.41) is 10.5. The van der Waals surface area contributed by atoms with Crippen LogP contribution in [-0.4, -0.2) is 24.5 Å². The van der Waals surface area contributed by atoms with Gasteiger partial charge in [-0.05, 0) is 25.1 Å². The summed E-state index contributed by atoms with van der Waals surface area (Å²) in [5.41, 5.74) is 0.998. The molecule has 0 atom stereocenters. The Morgan fingerprint density at radius 2 is 2.36 bits per heavy atom. The van der Waals surface area contributed by atoms with Crippen molar-refractivity contribution in [2.45, 2.75) is 13.0 Å². The van der Waals surface area contributed by atoms with Crippen LogP contribution in [0.5, 0.6) is 0 Å². The molecule has 0 aliphatic carbocycles. The summed E-state index contributed by atoms with van der Waals surface area (Å²) in [4.78, 5) is 12.6. The molecule has 0 unspecified atom stereocenters. The summed E-state index contributed by atoms with van der Waals surface area (Å²) < 4.78 is 5.13. The number of furan rings is 1. The molecule has 5 heteroatoms. The van der Waals surface area contributed by atoms with Crippen LogP contribution < -0.4 is 24.0 Å². The molecule has 0 spiro atoms. The molecule has 1 aliphatic heterocycles. The number of rotatable bonds is 1. The predicted molar refractivity (Wildman–Crippen MR) is 43.1 cm³/mol. The summed E-state index contributed by atoms with van der Waals surface area (Å²) in [6.45, 7) is 1.63. The smallest absolute Gasteiger partial charge is 0.542 e. The van der Waals surface area contributed by atoms with Gasteiger partial charge >= 0.3 is 18.9 Å². The van der Waals surface area contributed by atoms with Crippen LogP contribution in [0, 0.1) is 0 Å². The Labute approximate surface area is 94.1 Å². The second-order valence-electron chi connectivity index (χ2n) is 3.33. The first-order valence-corrected chi connectivity index (χ1v) is 4.18. The minimum atomic E-state index is -1.24. The second-order valence-corrected chi connectivity index (χ2v) is 3.33. The van der Waals surface area contributed by atoms with Crippen molar-refractivity contribution >= 4 is 5.97 Å². The molecule has 0 saturated heterocycles. The fourth-order valence-electron chi connectivity index (χ4n) is 1.55. The van der Waals surface area contributed by atoms with Crippen molar-refractivity contribution in [3.05, 3.63) is 23.2 Å². The number of carboxylic acids is 1. The van der Waals surface area contributed by atoms with Crippen molar-refractivity contribution in [2.24, 2.45) is 0 Å². The molecule has 2 heterocycles. The van der Waals surface area contributed by atoms with Gasteiger partial charge in [0, 0.05) is 6.54 Å². The van der Waals surface area contributed by atoms with Gasteiger partial charge in [-0.3, -0.25) is 4.90 Å². The molecule has 1 aromatic rings. The first-order chi connectivity index (χ1) is 6.16. The van der Waals surface area contributed by atoms with Crippen molar-refractivity contribution in [1.82, 2.24) is 4.90 Å². The fourth-order valence-corrected chi connectivity index (χ4v) is 1.55.